The summed E-state index contributed by atoms with van der Waals surface area (Å²) in [5, 5.41) is 0. The predicted molar refractivity (Wildman–Crippen MR) is 76.8 cm³/mol. The van der Waals surface area contributed by atoms with Crippen LogP contribution in [-0.4, -0.2) is 6.61 Å². The average molecular weight is 241 g/mol. The topological polar surface area (TPSA) is 35.2 Å². The number of rotatable bonds is 4. The maximum Gasteiger partial charge on any atom is 0.127 e. The molecule has 0 amide bonds. The molecule has 2 rings (SSSR count). The molecule has 18 heavy (non-hydrogen) atoms. The van der Waals surface area contributed by atoms with E-state index in [1.54, 1.807) is 0 Å². The molecule has 0 aromatic heterocycles. The molecular weight excluding hydrogens is 222 g/mol. The van der Waals surface area contributed by atoms with Gasteiger partial charge in [-0.3, -0.25) is 0 Å². The van der Waals surface area contributed by atoms with Gasteiger partial charge in [0.15, 0.2) is 0 Å². The second-order valence-corrected chi connectivity index (χ2v) is 4.42. The van der Waals surface area contributed by atoms with Gasteiger partial charge >= 0.3 is 0 Å². The number of hydrogen-bond acceptors (Lipinski definition) is 2. The number of ether oxygens (including phenoxy) is 1. The summed E-state index contributed by atoms with van der Waals surface area (Å²) in [5.74, 6) is 0.937. The molecule has 0 bridgehead atoms. The molecule has 2 heteroatoms. The lowest BCUT2D eigenvalue weighted by Gasteiger charge is -2.13. The molecule has 0 atom stereocenters. The average Bonchev–Trinajstić information content (AvgIpc) is 2.37. The fourth-order valence-electron chi connectivity index (χ4n) is 2.02. The van der Waals surface area contributed by atoms with Gasteiger partial charge in [-0.25, -0.2) is 0 Å². The van der Waals surface area contributed by atoms with Crippen molar-refractivity contribution in [1.29, 1.82) is 0 Å². The lowest BCUT2D eigenvalue weighted by molar-refractivity contribution is 0.318. The van der Waals surface area contributed by atoms with Crippen molar-refractivity contribution in [1.82, 2.24) is 0 Å². The summed E-state index contributed by atoms with van der Waals surface area (Å²) in [5.41, 5.74) is 10.1. The van der Waals surface area contributed by atoms with E-state index in [1.807, 2.05) is 30.3 Å². The van der Waals surface area contributed by atoms with Crippen molar-refractivity contribution in [2.24, 2.45) is 0 Å². The Hall–Kier alpha value is -1.96. The lowest BCUT2D eigenvalue weighted by Crippen LogP contribution is -1.97. The Balaban J connectivity index is 2.43. The highest BCUT2D eigenvalue weighted by Gasteiger charge is 2.08. The normalized spacial score (nSPS) is 10.3. The number of benzene rings is 2. The maximum absolute atomic E-state index is 5.79. The van der Waals surface area contributed by atoms with Crippen LogP contribution in [0.5, 0.6) is 5.75 Å². The summed E-state index contributed by atoms with van der Waals surface area (Å²) < 4.78 is 5.79. The summed E-state index contributed by atoms with van der Waals surface area (Å²) in [6.45, 7) is 4.92. The van der Waals surface area contributed by atoms with Crippen LogP contribution < -0.4 is 10.5 Å². The van der Waals surface area contributed by atoms with E-state index in [0.717, 1.165) is 30.0 Å². The molecular formula is C16H19NO. The van der Waals surface area contributed by atoms with Gasteiger partial charge in [-0.2, -0.15) is 0 Å². The minimum absolute atomic E-state index is 0.741. The number of para-hydroxylation sites is 1. The molecule has 0 unspecified atom stereocenters. The zero-order chi connectivity index (χ0) is 13.0. The van der Waals surface area contributed by atoms with E-state index in [2.05, 4.69) is 26.0 Å². The fourth-order valence-corrected chi connectivity index (χ4v) is 2.02. The molecule has 0 aliphatic heterocycles. The van der Waals surface area contributed by atoms with Gasteiger partial charge in [-0.05, 0) is 42.7 Å². The molecule has 2 aromatic carbocycles. The van der Waals surface area contributed by atoms with E-state index in [-0.39, 0.29) is 0 Å². The van der Waals surface area contributed by atoms with Crippen molar-refractivity contribution in [3.8, 4) is 16.9 Å². The first-order chi connectivity index (χ1) is 8.72. The van der Waals surface area contributed by atoms with Crippen LogP contribution in [-0.2, 0) is 0 Å². The van der Waals surface area contributed by atoms with Crippen molar-refractivity contribution < 1.29 is 4.74 Å². The molecule has 0 aliphatic carbocycles. The summed E-state index contributed by atoms with van der Waals surface area (Å²) >= 11 is 0. The number of aryl methyl sites for hydroxylation is 1. The highest BCUT2D eigenvalue weighted by molar-refractivity contribution is 5.74. The molecule has 0 fully saturated rings. The van der Waals surface area contributed by atoms with E-state index >= 15 is 0 Å². The molecule has 0 saturated heterocycles. The highest BCUT2D eigenvalue weighted by atomic mass is 16.5. The number of nitrogen functional groups attached to an aromatic ring is 1. The van der Waals surface area contributed by atoms with Crippen LogP contribution >= 0.6 is 0 Å². The van der Waals surface area contributed by atoms with E-state index in [0.29, 0.717) is 0 Å². The van der Waals surface area contributed by atoms with Gasteiger partial charge in [-0.1, -0.05) is 31.2 Å². The van der Waals surface area contributed by atoms with Crippen molar-refractivity contribution in [2.45, 2.75) is 20.3 Å². The Morgan fingerprint density at radius 3 is 2.56 bits per heavy atom. The molecule has 0 aliphatic rings. The van der Waals surface area contributed by atoms with Crippen LogP contribution in [0, 0.1) is 6.92 Å². The van der Waals surface area contributed by atoms with Crippen LogP contribution in [0.15, 0.2) is 42.5 Å². The van der Waals surface area contributed by atoms with Gasteiger partial charge < -0.3 is 10.5 Å². The van der Waals surface area contributed by atoms with E-state index < -0.39 is 0 Å². The summed E-state index contributed by atoms with van der Waals surface area (Å²) in [7, 11) is 0. The first-order valence-corrected chi connectivity index (χ1v) is 6.30. The van der Waals surface area contributed by atoms with E-state index in [1.165, 1.54) is 11.1 Å². The Morgan fingerprint density at radius 1 is 1.06 bits per heavy atom. The largest absolute Gasteiger partial charge is 0.493 e. The second kappa shape index (κ2) is 5.58. The van der Waals surface area contributed by atoms with Gasteiger partial charge in [0, 0.05) is 11.3 Å². The molecule has 2 N–H and O–H groups in total. The first-order valence-electron chi connectivity index (χ1n) is 6.30. The number of hydrogen-bond donors (Lipinski definition) is 1. The Kier molecular flexibility index (Phi) is 3.88. The molecule has 2 aromatic rings. The van der Waals surface area contributed by atoms with Crippen LogP contribution in [0.3, 0.4) is 0 Å². The zero-order valence-electron chi connectivity index (χ0n) is 10.9. The van der Waals surface area contributed by atoms with Gasteiger partial charge in [0.2, 0.25) is 0 Å². The minimum Gasteiger partial charge on any atom is -0.493 e. The molecule has 0 heterocycles. The third-order valence-electron chi connectivity index (χ3n) is 2.89. The Morgan fingerprint density at radius 2 is 1.83 bits per heavy atom. The van der Waals surface area contributed by atoms with Crippen molar-refractivity contribution >= 4 is 5.69 Å². The Labute approximate surface area is 108 Å². The fraction of sp³-hybridized carbons (Fsp3) is 0.250. The first kappa shape index (κ1) is 12.5. The van der Waals surface area contributed by atoms with Crippen LogP contribution in [0.2, 0.25) is 0 Å². The number of anilines is 1. The third-order valence-corrected chi connectivity index (χ3v) is 2.89. The summed E-state index contributed by atoms with van der Waals surface area (Å²) in [4.78, 5) is 0. The summed E-state index contributed by atoms with van der Waals surface area (Å²) in [6, 6.07) is 14.1. The van der Waals surface area contributed by atoms with Gasteiger partial charge in [0.25, 0.3) is 0 Å². The molecule has 2 nitrogen and oxygen atoms in total. The maximum atomic E-state index is 5.79. The highest BCUT2D eigenvalue weighted by Crippen LogP contribution is 2.32. The third kappa shape index (κ3) is 2.65. The minimum atomic E-state index is 0.741. The van der Waals surface area contributed by atoms with Crippen LogP contribution in [0.4, 0.5) is 5.69 Å². The van der Waals surface area contributed by atoms with Gasteiger partial charge in [0.1, 0.15) is 5.75 Å². The van der Waals surface area contributed by atoms with Gasteiger partial charge in [-0.15, -0.1) is 0 Å². The lowest BCUT2D eigenvalue weighted by atomic mass is 9.99. The standard InChI is InChI=1S/C16H19NO/c1-3-10-18-16-7-5-4-6-15(16)14-9-8-13(17)11-12(14)2/h4-9,11H,3,10,17H2,1-2H3. The second-order valence-electron chi connectivity index (χ2n) is 4.42. The number of nitrogens with two attached hydrogens (primary N) is 1. The molecule has 0 saturated carbocycles. The molecule has 94 valence electrons. The van der Waals surface area contributed by atoms with E-state index in [4.69, 9.17) is 10.5 Å². The quantitative estimate of drug-likeness (QED) is 0.820. The van der Waals surface area contributed by atoms with E-state index in [9.17, 15) is 0 Å². The summed E-state index contributed by atoms with van der Waals surface area (Å²) in [6.07, 6.45) is 1.01. The van der Waals surface area contributed by atoms with Crippen molar-refractivity contribution in [3.05, 3.63) is 48.0 Å². The molecule has 0 spiro atoms. The van der Waals surface area contributed by atoms with Crippen LogP contribution in [0.25, 0.3) is 11.1 Å². The van der Waals surface area contributed by atoms with Gasteiger partial charge in [0.05, 0.1) is 6.61 Å². The predicted octanol–water partition coefficient (Wildman–Crippen LogP) is 4.03. The smallest absolute Gasteiger partial charge is 0.127 e. The van der Waals surface area contributed by atoms with Crippen molar-refractivity contribution in [3.63, 3.8) is 0 Å². The zero-order valence-corrected chi connectivity index (χ0v) is 10.9. The monoisotopic (exact) mass is 241 g/mol. The SMILES string of the molecule is CCCOc1ccccc1-c1ccc(N)cc1C. The molecule has 0 radical (unpaired) electrons. The van der Waals surface area contributed by atoms with Crippen molar-refractivity contribution in [2.75, 3.05) is 12.3 Å². The van der Waals surface area contributed by atoms with Crippen LogP contribution in [0.1, 0.15) is 18.9 Å². The Bertz CT molecular complexity index is 534.